The minimum atomic E-state index is 0. The second kappa shape index (κ2) is 7.20. The molecule has 1 aromatic rings. The Morgan fingerprint density at radius 3 is 2.67 bits per heavy atom. The first-order valence-corrected chi connectivity index (χ1v) is 4.79. The lowest BCUT2D eigenvalue weighted by atomic mass is 10.2. The van der Waals surface area contributed by atoms with Gasteiger partial charge in [-0.1, -0.05) is 0 Å². The van der Waals surface area contributed by atoms with E-state index in [1.54, 1.807) is 13.3 Å². The number of hydrogen-bond donors (Lipinski definition) is 0. The quantitative estimate of drug-likeness (QED) is 0.692. The monoisotopic (exact) mass is 209 g/mol. The molecule has 0 aliphatic carbocycles. The summed E-state index contributed by atoms with van der Waals surface area (Å²) >= 11 is 0. The van der Waals surface area contributed by atoms with E-state index in [9.17, 15) is 0 Å². The molecule has 1 aromatic heterocycles. The third-order valence-electron chi connectivity index (χ3n) is 2.16. The van der Waals surface area contributed by atoms with Gasteiger partial charge in [0.05, 0.1) is 6.61 Å². The molecule has 0 N–H and O–H groups in total. The number of aromatic nitrogens is 1. The van der Waals surface area contributed by atoms with Crippen molar-refractivity contribution in [3.63, 3.8) is 0 Å². The number of nitrogens with zero attached hydrogens (tertiary/aromatic N) is 2. The van der Waals surface area contributed by atoms with Gasteiger partial charge in [0.15, 0.2) is 0 Å². The molecule has 0 amide bonds. The normalized spacial score (nSPS) is 9.53. The van der Waals surface area contributed by atoms with Crippen LogP contribution in [0.1, 0.15) is 17.7 Å². The number of hydrogen-bond acceptors (Lipinski definition) is 3. The van der Waals surface area contributed by atoms with Crippen molar-refractivity contribution in [2.75, 3.05) is 20.3 Å². The minimum absolute atomic E-state index is 0. The van der Waals surface area contributed by atoms with E-state index < -0.39 is 0 Å². The Labute approximate surface area is 91.2 Å². The molecule has 0 bridgehead atoms. The third kappa shape index (κ3) is 4.27. The molecular weight excluding hydrogens is 192 g/mol. The van der Waals surface area contributed by atoms with Crippen LogP contribution in [0.2, 0.25) is 0 Å². The molecule has 0 aromatic carbocycles. The molecule has 0 saturated heterocycles. The van der Waals surface area contributed by atoms with Crippen molar-refractivity contribution in [1.29, 1.82) is 0 Å². The highest BCUT2D eigenvalue weighted by Gasteiger charge is 2.01. The van der Waals surface area contributed by atoms with Crippen molar-refractivity contribution in [3.05, 3.63) is 23.5 Å². The first kappa shape index (κ1) is 13.9. The summed E-state index contributed by atoms with van der Waals surface area (Å²) in [7, 11) is 1.70. The highest BCUT2D eigenvalue weighted by atomic mass is 16.5. The van der Waals surface area contributed by atoms with Gasteiger partial charge in [-0.3, -0.25) is 4.98 Å². The second-order valence-corrected chi connectivity index (χ2v) is 3.21. The van der Waals surface area contributed by atoms with E-state index in [4.69, 9.17) is 9.47 Å². The van der Waals surface area contributed by atoms with Crippen LogP contribution in [-0.4, -0.2) is 25.3 Å². The molecule has 15 heavy (non-hydrogen) atoms. The fraction of sp³-hybridized carbons (Fsp3) is 0.545. The zero-order valence-electron chi connectivity index (χ0n) is 9.49. The standard InChI is InChI=1S/C11H17NO2.N/c1-9-10(2)12-6-5-11(9)14-8-4-7-13-3;/h5-6H,4,7-8H2,1-3H3;. The summed E-state index contributed by atoms with van der Waals surface area (Å²) in [6.45, 7) is 5.44. The first-order chi connectivity index (χ1) is 6.75. The van der Waals surface area contributed by atoms with Gasteiger partial charge in [-0.2, -0.15) is 0 Å². The van der Waals surface area contributed by atoms with E-state index in [-0.39, 0.29) is 6.15 Å². The number of methoxy groups -OCH3 is 1. The highest BCUT2D eigenvalue weighted by molar-refractivity contribution is 5.33. The van der Waals surface area contributed by atoms with Crippen molar-refractivity contribution >= 4 is 0 Å². The highest BCUT2D eigenvalue weighted by Crippen LogP contribution is 2.18. The summed E-state index contributed by atoms with van der Waals surface area (Å²) < 4.78 is 10.5. The second-order valence-electron chi connectivity index (χ2n) is 3.21. The summed E-state index contributed by atoms with van der Waals surface area (Å²) in [5, 5.41) is 0. The summed E-state index contributed by atoms with van der Waals surface area (Å²) in [5.74, 6) is 0.925. The SMILES string of the molecule is COCCCOc1ccnc(C)c1C.[N]. The Morgan fingerprint density at radius 1 is 1.27 bits per heavy atom. The summed E-state index contributed by atoms with van der Waals surface area (Å²) in [5.41, 5.74) is 2.14. The maximum atomic E-state index is 5.60. The third-order valence-corrected chi connectivity index (χ3v) is 2.16. The van der Waals surface area contributed by atoms with E-state index in [1.807, 2.05) is 19.9 Å². The lowest BCUT2D eigenvalue weighted by Gasteiger charge is -2.09. The average Bonchev–Trinajstić information content (AvgIpc) is 2.19. The predicted molar refractivity (Wildman–Crippen MR) is 57.8 cm³/mol. The van der Waals surface area contributed by atoms with Crippen LogP contribution in [0.15, 0.2) is 12.3 Å². The molecule has 0 aliphatic rings. The van der Waals surface area contributed by atoms with E-state index in [1.165, 1.54) is 0 Å². The van der Waals surface area contributed by atoms with Crippen molar-refractivity contribution in [1.82, 2.24) is 11.1 Å². The van der Waals surface area contributed by atoms with Crippen LogP contribution in [0.3, 0.4) is 0 Å². The van der Waals surface area contributed by atoms with Crippen LogP contribution in [0, 0.1) is 13.8 Å². The fourth-order valence-corrected chi connectivity index (χ4v) is 1.16. The van der Waals surface area contributed by atoms with Crippen molar-refractivity contribution in [2.24, 2.45) is 0 Å². The molecule has 4 nitrogen and oxygen atoms in total. The molecule has 1 heterocycles. The summed E-state index contributed by atoms with van der Waals surface area (Å²) in [4.78, 5) is 4.18. The maximum Gasteiger partial charge on any atom is 0.125 e. The molecule has 0 atom stereocenters. The van der Waals surface area contributed by atoms with Gasteiger partial charge >= 0.3 is 0 Å². The van der Waals surface area contributed by atoms with E-state index in [0.717, 1.165) is 30.0 Å². The van der Waals surface area contributed by atoms with Gasteiger partial charge in [-0.05, 0) is 19.9 Å². The Kier molecular flexibility index (Phi) is 6.66. The molecule has 83 valence electrons. The van der Waals surface area contributed by atoms with E-state index in [0.29, 0.717) is 6.61 Å². The Morgan fingerprint density at radius 2 is 2.00 bits per heavy atom. The van der Waals surface area contributed by atoms with Crippen LogP contribution in [0.4, 0.5) is 0 Å². The van der Waals surface area contributed by atoms with Crippen LogP contribution >= 0.6 is 0 Å². The summed E-state index contributed by atoms with van der Waals surface area (Å²) in [6.07, 6.45) is 2.69. The van der Waals surface area contributed by atoms with Crippen LogP contribution < -0.4 is 10.9 Å². The van der Waals surface area contributed by atoms with Crippen molar-refractivity contribution in [2.45, 2.75) is 20.3 Å². The lowest BCUT2D eigenvalue weighted by molar-refractivity contribution is 0.172. The topological polar surface area (TPSA) is 61.9 Å². The zero-order valence-corrected chi connectivity index (χ0v) is 9.49. The zero-order chi connectivity index (χ0) is 10.4. The molecule has 0 spiro atoms. The smallest absolute Gasteiger partial charge is 0.125 e. The van der Waals surface area contributed by atoms with Crippen molar-refractivity contribution < 1.29 is 9.47 Å². The number of rotatable bonds is 5. The van der Waals surface area contributed by atoms with Gasteiger partial charge in [-0.25, -0.2) is 0 Å². The van der Waals surface area contributed by atoms with Gasteiger partial charge < -0.3 is 9.47 Å². The molecule has 3 radical (unpaired) electrons. The molecular formula is C11H17N2O2. The van der Waals surface area contributed by atoms with Crippen LogP contribution in [-0.2, 0) is 4.74 Å². The molecule has 1 rings (SSSR count). The molecule has 0 saturated carbocycles. The van der Waals surface area contributed by atoms with Gasteiger partial charge in [0, 0.05) is 43.7 Å². The maximum absolute atomic E-state index is 5.60. The van der Waals surface area contributed by atoms with E-state index >= 15 is 0 Å². The van der Waals surface area contributed by atoms with Gasteiger partial charge in [0.2, 0.25) is 0 Å². The Bertz CT molecular complexity index is 290. The fourth-order valence-electron chi connectivity index (χ4n) is 1.16. The number of pyridine rings is 1. The predicted octanol–water partition coefficient (Wildman–Crippen LogP) is 1.63. The minimum Gasteiger partial charge on any atom is -0.493 e. The van der Waals surface area contributed by atoms with Crippen LogP contribution in [0.25, 0.3) is 0 Å². The van der Waals surface area contributed by atoms with Crippen molar-refractivity contribution in [3.8, 4) is 5.75 Å². The van der Waals surface area contributed by atoms with E-state index in [2.05, 4.69) is 4.98 Å². The summed E-state index contributed by atoms with van der Waals surface area (Å²) in [6, 6.07) is 1.90. The molecule has 0 fully saturated rings. The lowest BCUT2D eigenvalue weighted by Crippen LogP contribution is -2.03. The number of aryl methyl sites for hydroxylation is 1. The van der Waals surface area contributed by atoms with Gasteiger partial charge in [0.1, 0.15) is 5.75 Å². The van der Waals surface area contributed by atoms with Gasteiger partial charge in [-0.15, -0.1) is 0 Å². The average molecular weight is 209 g/mol. The van der Waals surface area contributed by atoms with Gasteiger partial charge in [0.25, 0.3) is 0 Å². The number of ether oxygens (including phenoxy) is 2. The van der Waals surface area contributed by atoms with Crippen LogP contribution in [0.5, 0.6) is 5.75 Å². The molecule has 0 unspecified atom stereocenters. The molecule has 4 heteroatoms. The first-order valence-electron chi connectivity index (χ1n) is 4.79. The molecule has 0 aliphatic heterocycles. The Balaban J connectivity index is 0.00000196. The largest absolute Gasteiger partial charge is 0.493 e. The Hall–Kier alpha value is -1.13.